The summed E-state index contributed by atoms with van der Waals surface area (Å²) in [5.74, 6) is 1.20. The Morgan fingerprint density at radius 1 is 1.36 bits per heavy atom. The van der Waals surface area contributed by atoms with Gasteiger partial charge in [0, 0.05) is 17.8 Å². The minimum atomic E-state index is -0.259. The van der Waals surface area contributed by atoms with E-state index in [4.69, 9.17) is 5.73 Å². The molecule has 2 bridgehead atoms. The van der Waals surface area contributed by atoms with Crippen molar-refractivity contribution in [3.8, 4) is 0 Å². The van der Waals surface area contributed by atoms with Crippen molar-refractivity contribution in [2.75, 3.05) is 0 Å². The number of nitrogens with one attached hydrogen (secondary N) is 1. The number of carbonyl (C=O) groups excluding carboxylic acids is 1. The zero-order valence-corrected chi connectivity index (χ0v) is 13.9. The molecule has 22 heavy (non-hydrogen) atoms. The third-order valence-corrected chi connectivity index (χ3v) is 5.48. The zero-order valence-electron chi connectivity index (χ0n) is 13.9. The van der Waals surface area contributed by atoms with E-state index in [1.807, 2.05) is 31.5 Å². The summed E-state index contributed by atoms with van der Waals surface area (Å²) in [7, 11) is 0. The smallest absolute Gasteiger partial charge is 0.244 e. The highest BCUT2D eigenvalue weighted by Crippen LogP contribution is 2.39. The van der Waals surface area contributed by atoms with Crippen molar-refractivity contribution >= 4 is 5.91 Å². The van der Waals surface area contributed by atoms with Gasteiger partial charge in [0.05, 0.1) is 5.69 Å². The van der Waals surface area contributed by atoms with Gasteiger partial charge in [0.25, 0.3) is 0 Å². The molecule has 1 aromatic rings. The van der Waals surface area contributed by atoms with Crippen LogP contribution >= 0.6 is 0 Å². The summed E-state index contributed by atoms with van der Waals surface area (Å²) in [5, 5.41) is 7.77. The van der Waals surface area contributed by atoms with Crippen LogP contribution in [0.5, 0.6) is 0 Å². The molecule has 1 amide bonds. The van der Waals surface area contributed by atoms with Crippen LogP contribution in [0.15, 0.2) is 6.07 Å². The minimum Gasteiger partial charge on any atom is -0.351 e. The Morgan fingerprint density at radius 3 is 2.55 bits per heavy atom. The summed E-state index contributed by atoms with van der Waals surface area (Å²) in [5.41, 5.74) is 8.15. The Hall–Kier alpha value is -1.36. The molecule has 2 aliphatic rings. The first-order valence-electron chi connectivity index (χ1n) is 8.54. The lowest BCUT2D eigenvalue weighted by Gasteiger charge is -2.45. The highest BCUT2D eigenvalue weighted by Gasteiger charge is 2.40. The number of hydrogen-bond donors (Lipinski definition) is 2. The maximum atomic E-state index is 12.7. The van der Waals surface area contributed by atoms with Crippen LogP contribution in [0.2, 0.25) is 0 Å². The molecular weight excluding hydrogens is 276 g/mol. The van der Waals surface area contributed by atoms with Gasteiger partial charge in [0.15, 0.2) is 0 Å². The molecule has 5 heteroatoms. The number of fused-ring (bicyclic) bond motifs is 2. The second-order valence-corrected chi connectivity index (χ2v) is 7.26. The second-order valence-electron chi connectivity index (χ2n) is 7.26. The maximum Gasteiger partial charge on any atom is 0.244 e. The van der Waals surface area contributed by atoms with Crippen molar-refractivity contribution in [1.29, 1.82) is 0 Å². The molecule has 1 aromatic heterocycles. The highest BCUT2D eigenvalue weighted by atomic mass is 16.2. The molecule has 2 saturated carbocycles. The fourth-order valence-corrected chi connectivity index (χ4v) is 4.46. The molecule has 0 spiro atoms. The van der Waals surface area contributed by atoms with Crippen LogP contribution in [0, 0.1) is 25.7 Å². The van der Waals surface area contributed by atoms with E-state index in [1.54, 1.807) is 0 Å². The van der Waals surface area contributed by atoms with Gasteiger partial charge in [-0.25, -0.2) is 0 Å². The van der Waals surface area contributed by atoms with Crippen molar-refractivity contribution in [3.05, 3.63) is 17.5 Å². The predicted molar refractivity (Wildman–Crippen MR) is 86.4 cm³/mol. The number of amides is 1. The molecule has 0 radical (unpaired) electrons. The SMILES string of the molecule is Cc1cc(C)n(C(C)C(=O)NC2C3CCCC2CC(N)C3)n1. The lowest BCUT2D eigenvalue weighted by molar-refractivity contribution is -0.126. The van der Waals surface area contributed by atoms with Gasteiger partial charge in [-0.05, 0) is 64.4 Å². The van der Waals surface area contributed by atoms with Crippen molar-refractivity contribution in [2.24, 2.45) is 17.6 Å². The van der Waals surface area contributed by atoms with Crippen LogP contribution in [0.1, 0.15) is 56.5 Å². The van der Waals surface area contributed by atoms with Crippen molar-refractivity contribution < 1.29 is 4.79 Å². The Bertz CT molecular complexity index is 539. The van der Waals surface area contributed by atoms with Crippen molar-refractivity contribution in [2.45, 2.75) is 71.0 Å². The van der Waals surface area contributed by atoms with Gasteiger partial charge in [-0.2, -0.15) is 5.10 Å². The number of aromatic nitrogens is 2. The Kier molecular flexibility index (Phi) is 4.26. The van der Waals surface area contributed by atoms with E-state index in [9.17, 15) is 4.79 Å². The average molecular weight is 304 g/mol. The maximum absolute atomic E-state index is 12.7. The first-order chi connectivity index (χ1) is 10.5. The highest BCUT2D eigenvalue weighted by molar-refractivity contribution is 5.80. The molecule has 2 fully saturated rings. The Labute approximate surface area is 132 Å². The predicted octanol–water partition coefficient (Wildman–Crippen LogP) is 2.08. The van der Waals surface area contributed by atoms with Crippen molar-refractivity contribution in [1.82, 2.24) is 15.1 Å². The fraction of sp³-hybridized carbons (Fsp3) is 0.765. The topological polar surface area (TPSA) is 72.9 Å². The summed E-state index contributed by atoms with van der Waals surface area (Å²) < 4.78 is 1.83. The van der Waals surface area contributed by atoms with Crippen LogP contribution in [0.3, 0.4) is 0 Å². The normalized spacial score (nSPS) is 32.5. The van der Waals surface area contributed by atoms with Crippen LogP contribution in [-0.4, -0.2) is 27.8 Å². The largest absolute Gasteiger partial charge is 0.351 e. The summed E-state index contributed by atoms with van der Waals surface area (Å²) >= 11 is 0. The zero-order chi connectivity index (χ0) is 15.9. The van der Waals surface area contributed by atoms with E-state index in [0.717, 1.165) is 24.2 Å². The van der Waals surface area contributed by atoms with Gasteiger partial charge in [-0.3, -0.25) is 9.48 Å². The van der Waals surface area contributed by atoms with Gasteiger partial charge in [-0.15, -0.1) is 0 Å². The van der Waals surface area contributed by atoms with Gasteiger partial charge in [0.2, 0.25) is 5.91 Å². The first kappa shape index (κ1) is 15.5. The van der Waals surface area contributed by atoms with E-state index in [0.29, 0.717) is 23.9 Å². The lowest BCUT2D eigenvalue weighted by Crippen LogP contribution is -2.54. The number of hydrogen-bond acceptors (Lipinski definition) is 3. The van der Waals surface area contributed by atoms with E-state index in [2.05, 4.69) is 10.4 Å². The van der Waals surface area contributed by atoms with Gasteiger partial charge in [-0.1, -0.05) is 6.42 Å². The van der Waals surface area contributed by atoms with Gasteiger partial charge >= 0.3 is 0 Å². The summed E-state index contributed by atoms with van der Waals surface area (Å²) in [6.45, 7) is 5.89. The number of nitrogens with zero attached hydrogens (tertiary/aromatic N) is 2. The summed E-state index contributed by atoms with van der Waals surface area (Å²) in [6.07, 6.45) is 5.78. The van der Waals surface area contributed by atoms with Gasteiger partial charge < -0.3 is 11.1 Å². The minimum absolute atomic E-state index is 0.0866. The van der Waals surface area contributed by atoms with Crippen LogP contribution in [-0.2, 0) is 4.79 Å². The number of rotatable bonds is 3. The molecule has 3 rings (SSSR count). The standard InChI is InChI=1S/C17H28N4O/c1-10-7-11(2)21(20-10)12(3)17(22)19-16-13-5-4-6-14(16)9-15(18)8-13/h7,12-16H,4-6,8-9,18H2,1-3H3,(H,19,22). The summed E-state index contributed by atoms with van der Waals surface area (Å²) in [4.78, 5) is 12.7. The van der Waals surface area contributed by atoms with E-state index in [-0.39, 0.29) is 11.9 Å². The molecule has 0 saturated heterocycles. The van der Waals surface area contributed by atoms with Gasteiger partial charge in [0.1, 0.15) is 6.04 Å². The third-order valence-electron chi connectivity index (χ3n) is 5.48. The Morgan fingerprint density at radius 2 is 2.00 bits per heavy atom. The molecular formula is C17H28N4O. The molecule has 3 atom stereocenters. The third kappa shape index (κ3) is 2.91. The average Bonchev–Trinajstić information content (AvgIpc) is 2.77. The van der Waals surface area contributed by atoms with E-state index >= 15 is 0 Å². The van der Waals surface area contributed by atoms with Crippen LogP contribution in [0.25, 0.3) is 0 Å². The fourth-order valence-electron chi connectivity index (χ4n) is 4.46. The van der Waals surface area contributed by atoms with Crippen LogP contribution in [0.4, 0.5) is 0 Å². The molecule has 1 heterocycles. The molecule has 3 unspecified atom stereocenters. The molecule has 0 aliphatic heterocycles. The number of carbonyl (C=O) groups is 1. The molecule has 3 N–H and O–H groups in total. The van der Waals surface area contributed by atoms with Crippen LogP contribution < -0.4 is 11.1 Å². The quantitative estimate of drug-likeness (QED) is 0.898. The monoisotopic (exact) mass is 304 g/mol. The van der Waals surface area contributed by atoms with E-state index < -0.39 is 0 Å². The Balaban J connectivity index is 1.70. The molecule has 5 nitrogen and oxygen atoms in total. The first-order valence-corrected chi connectivity index (χ1v) is 8.54. The second kappa shape index (κ2) is 6.03. The molecule has 122 valence electrons. The molecule has 0 aromatic carbocycles. The number of aryl methyl sites for hydroxylation is 2. The lowest BCUT2D eigenvalue weighted by atomic mass is 9.67. The summed E-state index contributed by atoms with van der Waals surface area (Å²) in [6, 6.07) is 2.38. The number of nitrogens with two attached hydrogens (primary N) is 1. The molecule has 2 aliphatic carbocycles. The van der Waals surface area contributed by atoms with Crippen molar-refractivity contribution in [3.63, 3.8) is 0 Å². The van der Waals surface area contributed by atoms with E-state index in [1.165, 1.54) is 19.3 Å².